The molecule has 3 nitrogen and oxygen atoms in total. The molecule has 0 aliphatic carbocycles. The Balaban J connectivity index is 1.81. The first-order valence-electron chi connectivity index (χ1n) is 6.49. The van der Waals surface area contributed by atoms with Gasteiger partial charge in [0.25, 0.3) is 0 Å². The second-order valence-electron chi connectivity index (χ2n) is 4.60. The van der Waals surface area contributed by atoms with Gasteiger partial charge in [0.15, 0.2) is 0 Å². The maximum absolute atomic E-state index is 12.1. The number of anilines is 1. The molecule has 3 heteroatoms. The molecular formula is C17H14N2O. The van der Waals surface area contributed by atoms with Gasteiger partial charge in [-0.15, -0.1) is 0 Å². The molecule has 0 atom stereocenters. The number of fused-ring (bicyclic) bond motifs is 1. The largest absolute Gasteiger partial charge is 0.326 e. The summed E-state index contributed by atoms with van der Waals surface area (Å²) in [4.78, 5) is 16.0. The number of carbonyl (C=O) groups is 1. The summed E-state index contributed by atoms with van der Waals surface area (Å²) in [5.74, 6) is -0.0208. The molecule has 3 rings (SSSR count). The van der Waals surface area contributed by atoms with Gasteiger partial charge in [-0.2, -0.15) is 0 Å². The second kappa shape index (κ2) is 5.53. The van der Waals surface area contributed by atoms with Crippen LogP contribution in [0.5, 0.6) is 0 Å². The fraction of sp³-hybridized carbons (Fsp3) is 0.0588. The SMILES string of the molecule is O=C(Cc1cccc2ccccc12)Nc1ccncc1. The van der Waals surface area contributed by atoms with Crippen molar-refractivity contribution >= 4 is 22.4 Å². The highest BCUT2D eigenvalue weighted by Gasteiger charge is 2.07. The smallest absolute Gasteiger partial charge is 0.228 e. The Hall–Kier alpha value is -2.68. The van der Waals surface area contributed by atoms with E-state index in [4.69, 9.17) is 0 Å². The zero-order chi connectivity index (χ0) is 13.8. The average molecular weight is 262 g/mol. The molecule has 0 aliphatic heterocycles. The summed E-state index contributed by atoms with van der Waals surface area (Å²) >= 11 is 0. The third-order valence-corrected chi connectivity index (χ3v) is 3.20. The first kappa shape index (κ1) is 12.4. The molecule has 1 amide bonds. The molecule has 2 aromatic carbocycles. The number of carbonyl (C=O) groups excluding carboxylic acids is 1. The number of benzene rings is 2. The molecule has 0 fully saturated rings. The summed E-state index contributed by atoms with van der Waals surface area (Å²) < 4.78 is 0. The van der Waals surface area contributed by atoms with Gasteiger partial charge in [0.05, 0.1) is 6.42 Å². The number of pyridine rings is 1. The van der Waals surface area contributed by atoms with E-state index in [9.17, 15) is 4.79 Å². The fourth-order valence-electron chi connectivity index (χ4n) is 2.26. The zero-order valence-corrected chi connectivity index (χ0v) is 10.9. The van der Waals surface area contributed by atoms with Crippen LogP contribution in [0.4, 0.5) is 5.69 Å². The summed E-state index contributed by atoms with van der Waals surface area (Å²) in [6.07, 6.45) is 3.69. The third kappa shape index (κ3) is 2.67. The van der Waals surface area contributed by atoms with Crippen molar-refractivity contribution in [2.75, 3.05) is 5.32 Å². The fourth-order valence-corrected chi connectivity index (χ4v) is 2.26. The lowest BCUT2D eigenvalue weighted by atomic mass is 10.0. The van der Waals surface area contributed by atoms with E-state index in [1.807, 2.05) is 30.3 Å². The standard InChI is InChI=1S/C17H14N2O/c20-17(19-15-8-10-18-11-9-15)12-14-6-3-5-13-4-1-2-7-16(13)14/h1-11H,12H2,(H,18,19,20). The minimum absolute atomic E-state index is 0.0208. The number of rotatable bonds is 3. The summed E-state index contributed by atoms with van der Waals surface area (Å²) in [5.41, 5.74) is 1.81. The molecule has 0 bridgehead atoms. The Labute approximate surface area is 117 Å². The Bertz CT molecular complexity index is 733. The highest BCUT2D eigenvalue weighted by atomic mass is 16.1. The number of nitrogens with zero attached hydrogens (tertiary/aromatic N) is 1. The Kier molecular flexibility index (Phi) is 3.42. The Morgan fingerprint density at radius 1 is 0.950 bits per heavy atom. The van der Waals surface area contributed by atoms with Crippen LogP contribution >= 0.6 is 0 Å². The molecule has 1 heterocycles. The van der Waals surface area contributed by atoms with Gasteiger partial charge in [-0.25, -0.2) is 0 Å². The maximum Gasteiger partial charge on any atom is 0.228 e. The molecule has 1 aromatic heterocycles. The van der Waals surface area contributed by atoms with E-state index in [0.29, 0.717) is 6.42 Å². The lowest BCUT2D eigenvalue weighted by Gasteiger charge is -2.07. The van der Waals surface area contributed by atoms with E-state index < -0.39 is 0 Å². The predicted molar refractivity (Wildman–Crippen MR) is 80.5 cm³/mol. The third-order valence-electron chi connectivity index (χ3n) is 3.20. The van der Waals surface area contributed by atoms with Crippen LogP contribution in [0.15, 0.2) is 67.0 Å². The van der Waals surface area contributed by atoms with Gasteiger partial charge in [-0.1, -0.05) is 42.5 Å². The van der Waals surface area contributed by atoms with Crippen LogP contribution < -0.4 is 5.32 Å². The summed E-state index contributed by atoms with van der Waals surface area (Å²) in [6, 6.07) is 17.7. The number of amides is 1. The van der Waals surface area contributed by atoms with Gasteiger partial charge in [0.1, 0.15) is 0 Å². The van der Waals surface area contributed by atoms with Crippen molar-refractivity contribution in [3.63, 3.8) is 0 Å². The molecule has 0 saturated heterocycles. The number of aromatic nitrogens is 1. The minimum atomic E-state index is -0.0208. The normalized spacial score (nSPS) is 10.4. The summed E-state index contributed by atoms with van der Waals surface area (Å²) in [7, 11) is 0. The van der Waals surface area contributed by atoms with Gasteiger partial charge in [0.2, 0.25) is 5.91 Å². The molecule has 0 spiro atoms. The van der Waals surface area contributed by atoms with Gasteiger partial charge >= 0.3 is 0 Å². The molecule has 98 valence electrons. The van der Waals surface area contributed by atoms with Gasteiger partial charge < -0.3 is 5.32 Å². The molecular weight excluding hydrogens is 248 g/mol. The number of hydrogen-bond donors (Lipinski definition) is 1. The first-order chi connectivity index (χ1) is 9.83. The first-order valence-corrected chi connectivity index (χ1v) is 6.49. The van der Waals surface area contributed by atoms with E-state index in [-0.39, 0.29) is 5.91 Å². The van der Waals surface area contributed by atoms with Crippen LogP contribution in [0.1, 0.15) is 5.56 Å². The van der Waals surface area contributed by atoms with Gasteiger partial charge in [-0.05, 0) is 28.5 Å². The lowest BCUT2D eigenvalue weighted by Crippen LogP contribution is -2.14. The second-order valence-corrected chi connectivity index (χ2v) is 4.60. The van der Waals surface area contributed by atoms with E-state index in [0.717, 1.165) is 22.0 Å². The molecule has 3 aromatic rings. The topological polar surface area (TPSA) is 42.0 Å². The monoisotopic (exact) mass is 262 g/mol. The highest BCUT2D eigenvalue weighted by molar-refractivity contribution is 5.96. The minimum Gasteiger partial charge on any atom is -0.326 e. The molecule has 0 unspecified atom stereocenters. The van der Waals surface area contributed by atoms with E-state index >= 15 is 0 Å². The molecule has 20 heavy (non-hydrogen) atoms. The van der Waals surface area contributed by atoms with Crippen molar-refractivity contribution in [2.24, 2.45) is 0 Å². The van der Waals surface area contributed by atoms with E-state index in [1.54, 1.807) is 24.5 Å². The molecule has 0 saturated carbocycles. The van der Waals surface area contributed by atoms with Crippen LogP contribution in [-0.2, 0) is 11.2 Å². The van der Waals surface area contributed by atoms with Crippen molar-refractivity contribution in [3.8, 4) is 0 Å². The quantitative estimate of drug-likeness (QED) is 0.786. The van der Waals surface area contributed by atoms with Crippen molar-refractivity contribution in [2.45, 2.75) is 6.42 Å². The zero-order valence-electron chi connectivity index (χ0n) is 10.9. The molecule has 0 radical (unpaired) electrons. The number of hydrogen-bond acceptors (Lipinski definition) is 2. The molecule has 1 N–H and O–H groups in total. The van der Waals surface area contributed by atoms with Crippen LogP contribution in [0, 0.1) is 0 Å². The van der Waals surface area contributed by atoms with Crippen LogP contribution in [0.3, 0.4) is 0 Å². The van der Waals surface area contributed by atoms with Gasteiger partial charge in [0, 0.05) is 18.1 Å². The van der Waals surface area contributed by atoms with Crippen LogP contribution in [-0.4, -0.2) is 10.9 Å². The predicted octanol–water partition coefficient (Wildman–Crippen LogP) is 3.42. The highest BCUT2D eigenvalue weighted by Crippen LogP contribution is 2.19. The van der Waals surface area contributed by atoms with Crippen LogP contribution in [0.2, 0.25) is 0 Å². The lowest BCUT2D eigenvalue weighted by molar-refractivity contribution is -0.115. The van der Waals surface area contributed by atoms with Crippen LogP contribution in [0.25, 0.3) is 10.8 Å². The van der Waals surface area contributed by atoms with Gasteiger partial charge in [-0.3, -0.25) is 9.78 Å². The van der Waals surface area contributed by atoms with Crippen molar-refractivity contribution in [3.05, 3.63) is 72.6 Å². The van der Waals surface area contributed by atoms with Crippen molar-refractivity contribution in [1.82, 2.24) is 4.98 Å². The Morgan fingerprint density at radius 3 is 2.55 bits per heavy atom. The van der Waals surface area contributed by atoms with E-state index in [2.05, 4.69) is 22.4 Å². The number of nitrogens with one attached hydrogen (secondary N) is 1. The van der Waals surface area contributed by atoms with Crippen molar-refractivity contribution < 1.29 is 4.79 Å². The van der Waals surface area contributed by atoms with E-state index in [1.165, 1.54) is 0 Å². The molecule has 0 aliphatic rings. The Morgan fingerprint density at radius 2 is 1.70 bits per heavy atom. The maximum atomic E-state index is 12.1. The average Bonchev–Trinajstić information content (AvgIpc) is 2.48. The summed E-state index contributed by atoms with van der Waals surface area (Å²) in [5, 5.41) is 5.16. The van der Waals surface area contributed by atoms with Crippen molar-refractivity contribution in [1.29, 1.82) is 0 Å². The summed E-state index contributed by atoms with van der Waals surface area (Å²) in [6.45, 7) is 0.